The number of carbonyl (C=O) groups is 4. The standard InChI is InChI=1S/C22H24N2O10/c1-29-19(25)13-33-17-7-3-15(4-8-17)23-21(27)31-11-12-32-22(28)24-16-5-9-18(10-6-16)34-14-20(26)30-2/h3-10H,11-14H2,1-2H3,(H,23,27)(H,24,28). The Bertz CT molecular complexity index is 881. The molecule has 12 heteroatoms. The molecule has 0 heterocycles. The number of rotatable bonds is 11. The highest BCUT2D eigenvalue weighted by Crippen LogP contribution is 2.17. The van der Waals surface area contributed by atoms with Crippen LogP contribution in [0.1, 0.15) is 0 Å². The van der Waals surface area contributed by atoms with Gasteiger partial charge in [0.15, 0.2) is 13.2 Å². The second-order valence-electron chi connectivity index (χ2n) is 6.30. The van der Waals surface area contributed by atoms with E-state index >= 15 is 0 Å². The fourth-order valence-corrected chi connectivity index (χ4v) is 2.25. The fourth-order valence-electron chi connectivity index (χ4n) is 2.25. The van der Waals surface area contributed by atoms with Gasteiger partial charge in [-0.2, -0.15) is 0 Å². The summed E-state index contributed by atoms with van der Waals surface area (Å²) in [6.07, 6.45) is -1.48. The van der Waals surface area contributed by atoms with Gasteiger partial charge in [-0.3, -0.25) is 10.6 Å². The summed E-state index contributed by atoms with van der Waals surface area (Å²) in [5, 5.41) is 4.99. The number of hydrogen-bond donors (Lipinski definition) is 2. The molecule has 2 aromatic rings. The number of amides is 2. The Morgan fingerprint density at radius 3 is 1.29 bits per heavy atom. The Morgan fingerprint density at radius 2 is 0.971 bits per heavy atom. The van der Waals surface area contributed by atoms with E-state index in [1.54, 1.807) is 48.5 Å². The zero-order valence-corrected chi connectivity index (χ0v) is 18.5. The monoisotopic (exact) mass is 476 g/mol. The van der Waals surface area contributed by atoms with Crippen LogP contribution in [-0.4, -0.2) is 64.8 Å². The molecule has 0 spiro atoms. The molecule has 0 fully saturated rings. The number of carbonyl (C=O) groups excluding carboxylic acids is 4. The molecule has 2 N–H and O–H groups in total. The van der Waals surface area contributed by atoms with Crippen molar-refractivity contribution in [1.29, 1.82) is 0 Å². The minimum atomic E-state index is -0.741. The summed E-state index contributed by atoms with van der Waals surface area (Å²) < 4.78 is 29.2. The van der Waals surface area contributed by atoms with Gasteiger partial charge in [0.2, 0.25) is 0 Å². The van der Waals surface area contributed by atoms with Gasteiger partial charge in [-0.25, -0.2) is 19.2 Å². The van der Waals surface area contributed by atoms with Gasteiger partial charge in [0.05, 0.1) is 14.2 Å². The van der Waals surface area contributed by atoms with Crippen molar-refractivity contribution in [3.05, 3.63) is 48.5 Å². The van der Waals surface area contributed by atoms with Crippen LogP contribution in [0.5, 0.6) is 11.5 Å². The van der Waals surface area contributed by atoms with Gasteiger partial charge in [-0.05, 0) is 48.5 Å². The summed E-state index contributed by atoms with van der Waals surface area (Å²) in [5.41, 5.74) is 0.876. The molecule has 0 atom stereocenters. The Kier molecular flexibility index (Phi) is 10.5. The molecule has 0 aliphatic heterocycles. The summed E-state index contributed by atoms with van der Waals surface area (Å²) in [7, 11) is 2.52. The van der Waals surface area contributed by atoms with E-state index in [2.05, 4.69) is 20.1 Å². The van der Waals surface area contributed by atoms with E-state index in [4.69, 9.17) is 18.9 Å². The van der Waals surface area contributed by atoms with E-state index in [1.807, 2.05) is 0 Å². The lowest BCUT2D eigenvalue weighted by atomic mass is 10.3. The summed E-state index contributed by atoms with van der Waals surface area (Å²) >= 11 is 0. The van der Waals surface area contributed by atoms with Crippen molar-refractivity contribution >= 4 is 35.5 Å². The van der Waals surface area contributed by atoms with Gasteiger partial charge < -0.3 is 28.4 Å². The van der Waals surface area contributed by atoms with Gasteiger partial charge >= 0.3 is 24.1 Å². The Balaban J connectivity index is 1.62. The molecule has 182 valence electrons. The first-order valence-electron chi connectivity index (χ1n) is 9.86. The van der Waals surface area contributed by atoms with Crippen LogP contribution in [0.15, 0.2) is 48.5 Å². The molecule has 2 aromatic carbocycles. The number of hydrogen-bond acceptors (Lipinski definition) is 10. The quantitative estimate of drug-likeness (QED) is 0.282. The minimum Gasteiger partial charge on any atom is -0.482 e. The maximum absolute atomic E-state index is 11.8. The molecule has 0 aliphatic carbocycles. The Hall–Kier alpha value is -4.48. The van der Waals surface area contributed by atoms with Gasteiger partial charge in [-0.1, -0.05) is 0 Å². The fraction of sp³-hybridized carbons (Fsp3) is 0.273. The average molecular weight is 476 g/mol. The summed E-state index contributed by atoms with van der Waals surface area (Å²) in [6, 6.07) is 12.5. The van der Waals surface area contributed by atoms with Gasteiger partial charge in [0, 0.05) is 11.4 Å². The van der Waals surface area contributed by atoms with Gasteiger partial charge in [-0.15, -0.1) is 0 Å². The number of ether oxygens (including phenoxy) is 6. The Morgan fingerprint density at radius 1 is 0.618 bits per heavy atom. The van der Waals surface area contributed by atoms with Crippen molar-refractivity contribution < 1.29 is 47.6 Å². The number of benzene rings is 2. The highest BCUT2D eigenvalue weighted by molar-refractivity contribution is 5.85. The third-order valence-corrected chi connectivity index (χ3v) is 3.92. The second-order valence-corrected chi connectivity index (χ2v) is 6.30. The lowest BCUT2D eigenvalue weighted by Crippen LogP contribution is -2.20. The lowest BCUT2D eigenvalue weighted by molar-refractivity contribution is -0.143. The van der Waals surface area contributed by atoms with Crippen molar-refractivity contribution in [2.75, 3.05) is 51.3 Å². The van der Waals surface area contributed by atoms with E-state index in [0.717, 1.165) is 0 Å². The van der Waals surface area contributed by atoms with E-state index < -0.39 is 24.1 Å². The van der Waals surface area contributed by atoms with Crippen molar-refractivity contribution in [1.82, 2.24) is 0 Å². The number of nitrogens with one attached hydrogen (secondary N) is 2. The number of esters is 2. The predicted octanol–water partition coefficient (Wildman–Crippen LogP) is 2.59. The van der Waals surface area contributed by atoms with Crippen molar-refractivity contribution in [2.45, 2.75) is 0 Å². The molecule has 0 aromatic heterocycles. The first-order chi connectivity index (χ1) is 16.4. The van der Waals surface area contributed by atoms with Crippen molar-refractivity contribution in [2.24, 2.45) is 0 Å². The first-order valence-corrected chi connectivity index (χ1v) is 9.86. The molecule has 0 radical (unpaired) electrons. The highest BCUT2D eigenvalue weighted by atomic mass is 16.6. The van der Waals surface area contributed by atoms with Crippen LogP contribution in [0, 0.1) is 0 Å². The smallest absolute Gasteiger partial charge is 0.411 e. The first kappa shape index (κ1) is 25.8. The maximum atomic E-state index is 11.8. The van der Waals surface area contributed by atoms with E-state index in [-0.39, 0.29) is 26.4 Å². The van der Waals surface area contributed by atoms with Crippen LogP contribution in [0.2, 0.25) is 0 Å². The van der Waals surface area contributed by atoms with Crippen LogP contribution in [-0.2, 0) is 28.5 Å². The minimum absolute atomic E-state index is 0.167. The summed E-state index contributed by atoms with van der Waals surface area (Å²) in [6.45, 7) is -0.787. The molecule has 2 amide bonds. The van der Waals surface area contributed by atoms with Crippen LogP contribution in [0.3, 0.4) is 0 Å². The SMILES string of the molecule is COC(=O)COc1ccc(NC(=O)OCCOC(=O)Nc2ccc(OCC(=O)OC)cc2)cc1. The van der Waals surface area contributed by atoms with E-state index in [0.29, 0.717) is 22.9 Å². The number of anilines is 2. The second kappa shape index (κ2) is 13.8. The molecule has 2 rings (SSSR count). The van der Waals surface area contributed by atoms with Crippen molar-refractivity contribution in [3.8, 4) is 11.5 Å². The molecule has 0 aliphatic rings. The van der Waals surface area contributed by atoms with Crippen molar-refractivity contribution in [3.63, 3.8) is 0 Å². The normalized spacial score (nSPS) is 9.82. The molecule has 0 unspecified atom stereocenters. The van der Waals surface area contributed by atoms with Gasteiger partial charge in [0.1, 0.15) is 24.7 Å². The topological polar surface area (TPSA) is 148 Å². The summed E-state index contributed by atoms with van der Waals surface area (Å²) in [4.78, 5) is 45.7. The van der Waals surface area contributed by atoms with E-state index in [1.165, 1.54) is 14.2 Å². The third-order valence-electron chi connectivity index (χ3n) is 3.92. The average Bonchev–Trinajstić information content (AvgIpc) is 2.85. The molecule has 0 saturated carbocycles. The third kappa shape index (κ3) is 9.77. The maximum Gasteiger partial charge on any atom is 0.411 e. The van der Waals surface area contributed by atoms with Crippen LogP contribution < -0.4 is 20.1 Å². The molecular weight excluding hydrogens is 452 g/mol. The van der Waals surface area contributed by atoms with Crippen LogP contribution >= 0.6 is 0 Å². The Labute approximate surface area is 195 Å². The molecule has 0 saturated heterocycles. The largest absolute Gasteiger partial charge is 0.482 e. The lowest BCUT2D eigenvalue weighted by Gasteiger charge is -2.10. The zero-order valence-electron chi connectivity index (χ0n) is 18.5. The van der Waals surface area contributed by atoms with Crippen LogP contribution in [0.25, 0.3) is 0 Å². The van der Waals surface area contributed by atoms with Crippen LogP contribution in [0.4, 0.5) is 21.0 Å². The summed E-state index contributed by atoms with van der Waals surface area (Å²) in [5.74, 6) is -0.178. The van der Waals surface area contributed by atoms with Gasteiger partial charge in [0.25, 0.3) is 0 Å². The molecule has 34 heavy (non-hydrogen) atoms. The zero-order chi connectivity index (χ0) is 24.8. The molecule has 0 bridgehead atoms. The molecule has 12 nitrogen and oxygen atoms in total. The highest BCUT2D eigenvalue weighted by Gasteiger charge is 2.08. The van der Waals surface area contributed by atoms with E-state index in [9.17, 15) is 19.2 Å². The number of methoxy groups -OCH3 is 2. The predicted molar refractivity (Wildman–Crippen MR) is 118 cm³/mol. The molecular formula is C22H24N2O10.